The third kappa shape index (κ3) is 2.82. The van der Waals surface area contributed by atoms with Gasteiger partial charge in [0.25, 0.3) is 0 Å². The summed E-state index contributed by atoms with van der Waals surface area (Å²) in [6.45, 7) is 3.40. The molecular weight excluding hydrogens is 225 g/mol. The SMILES string of the molecule is CCOc1cccc(C(C)(F)N=C=O)c1OC. The first kappa shape index (κ1) is 13.2. The standard InChI is InChI=1S/C12H14FNO3/c1-4-17-10-7-5-6-9(11(10)16-3)12(2,13)14-8-15/h5-7H,4H2,1-3H3. The molecule has 0 saturated heterocycles. The molecule has 1 atom stereocenters. The van der Waals surface area contributed by atoms with Crippen molar-refractivity contribution in [2.24, 2.45) is 4.99 Å². The molecule has 0 amide bonds. The molecule has 0 spiro atoms. The second-order valence-corrected chi connectivity index (χ2v) is 3.43. The second-order valence-electron chi connectivity index (χ2n) is 3.43. The molecule has 1 rings (SSSR count). The highest BCUT2D eigenvalue weighted by atomic mass is 19.1. The fourth-order valence-corrected chi connectivity index (χ4v) is 1.50. The highest BCUT2D eigenvalue weighted by molar-refractivity contribution is 5.50. The maximum absolute atomic E-state index is 14.1. The molecule has 5 heteroatoms. The van der Waals surface area contributed by atoms with Gasteiger partial charge in [0.2, 0.25) is 11.9 Å². The van der Waals surface area contributed by atoms with Gasteiger partial charge in [0.15, 0.2) is 11.5 Å². The van der Waals surface area contributed by atoms with Gasteiger partial charge in [0, 0.05) is 0 Å². The molecule has 1 unspecified atom stereocenters. The molecule has 0 N–H and O–H groups in total. The minimum absolute atomic E-state index is 0.134. The van der Waals surface area contributed by atoms with Crippen molar-refractivity contribution in [2.75, 3.05) is 13.7 Å². The van der Waals surface area contributed by atoms with E-state index in [1.54, 1.807) is 12.1 Å². The van der Waals surface area contributed by atoms with E-state index < -0.39 is 5.79 Å². The van der Waals surface area contributed by atoms with Gasteiger partial charge in [-0.25, -0.2) is 9.18 Å². The maximum atomic E-state index is 14.1. The average Bonchev–Trinajstić information content (AvgIpc) is 2.29. The average molecular weight is 239 g/mol. The minimum atomic E-state index is -2.18. The van der Waals surface area contributed by atoms with Crippen molar-refractivity contribution in [3.63, 3.8) is 0 Å². The molecule has 0 aliphatic rings. The van der Waals surface area contributed by atoms with Crippen LogP contribution in [0.4, 0.5) is 4.39 Å². The Kier molecular flexibility index (Phi) is 4.24. The molecular formula is C12H14FNO3. The molecule has 1 aromatic carbocycles. The summed E-state index contributed by atoms with van der Waals surface area (Å²) in [5.74, 6) is -1.53. The van der Waals surface area contributed by atoms with Crippen LogP contribution in [0.15, 0.2) is 23.2 Å². The Morgan fingerprint density at radius 2 is 2.24 bits per heavy atom. The van der Waals surface area contributed by atoms with Gasteiger partial charge in [-0.3, -0.25) is 0 Å². The second kappa shape index (κ2) is 5.46. The van der Waals surface area contributed by atoms with Gasteiger partial charge in [-0.2, -0.15) is 4.99 Å². The fourth-order valence-electron chi connectivity index (χ4n) is 1.50. The first-order chi connectivity index (χ1) is 8.06. The zero-order chi connectivity index (χ0) is 12.9. The molecule has 0 aliphatic heterocycles. The number of rotatable bonds is 5. The lowest BCUT2D eigenvalue weighted by Gasteiger charge is -2.19. The van der Waals surface area contributed by atoms with Crippen LogP contribution in [-0.4, -0.2) is 19.8 Å². The lowest BCUT2D eigenvalue weighted by Crippen LogP contribution is -2.13. The summed E-state index contributed by atoms with van der Waals surface area (Å²) in [6, 6.07) is 4.76. The van der Waals surface area contributed by atoms with Crippen molar-refractivity contribution in [1.82, 2.24) is 0 Å². The van der Waals surface area contributed by atoms with Gasteiger partial charge in [0.1, 0.15) is 0 Å². The van der Waals surface area contributed by atoms with E-state index in [4.69, 9.17) is 9.47 Å². The molecule has 0 aliphatic carbocycles. The summed E-state index contributed by atoms with van der Waals surface area (Å²) in [6.07, 6.45) is 1.21. The van der Waals surface area contributed by atoms with Crippen LogP contribution in [0.25, 0.3) is 0 Å². The van der Waals surface area contributed by atoms with Crippen molar-refractivity contribution in [3.8, 4) is 11.5 Å². The van der Waals surface area contributed by atoms with Gasteiger partial charge in [-0.1, -0.05) is 6.07 Å². The molecule has 0 saturated carbocycles. The molecule has 0 fully saturated rings. The van der Waals surface area contributed by atoms with E-state index >= 15 is 0 Å². The van der Waals surface area contributed by atoms with Crippen LogP contribution in [-0.2, 0) is 10.6 Å². The fraction of sp³-hybridized carbons (Fsp3) is 0.417. The molecule has 4 nitrogen and oxygen atoms in total. The van der Waals surface area contributed by atoms with E-state index in [1.807, 2.05) is 6.92 Å². The molecule has 0 heterocycles. The van der Waals surface area contributed by atoms with Crippen LogP contribution >= 0.6 is 0 Å². The quantitative estimate of drug-likeness (QED) is 0.450. The topological polar surface area (TPSA) is 47.9 Å². The number of nitrogens with zero attached hydrogens (tertiary/aromatic N) is 1. The Hall–Kier alpha value is -1.87. The van der Waals surface area contributed by atoms with E-state index in [0.29, 0.717) is 12.4 Å². The van der Waals surface area contributed by atoms with Gasteiger partial charge >= 0.3 is 0 Å². The Morgan fingerprint density at radius 3 is 2.76 bits per heavy atom. The summed E-state index contributed by atoms with van der Waals surface area (Å²) < 4.78 is 24.5. The third-order valence-corrected chi connectivity index (χ3v) is 2.23. The van der Waals surface area contributed by atoms with Crippen LogP contribution in [0, 0.1) is 0 Å². The Balaban J connectivity index is 3.33. The summed E-state index contributed by atoms with van der Waals surface area (Å²) >= 11 is 0. The number of isocyanates is 1. The largest absolute Gasteiger partial charge is 0.492 e. The van der Waals surface area contributed by atoms with E-state index in [0.717, 1.165) is 6.92 Å². The zero-order valence-electron chi connectivity index (χ0n) is 9.99. The summed E-state index contributed by atoms with van der Waals surface area (Å²) in [5, 5.41) is 0. The number of methoxy groups -OCH3 is 1. The van der Waals surface area contributed by atoms with Gasteiger partial charge in [-0.15, -0.1) is 0 Å². The predicted octanol–water partition coefficient (Wildman–Crippen LogP) is 2.57. The molecule has 1 aromatic rings. The normalized spacial score (nSPS) is 13.4. The molecule has 0 aromatic heterocycles. The predicted molar refractivity (Wildman–Crippen MR) is 60.7 cm³/mol. The van der Waals surface area contributed by atoms with Crippen LogP contribution in [0.1, 0.15) is 19.4 Å². The highest BCUT2D eigenvalue weighted by Crippen LogP contribution is 2.39. The van der Waals surface area contributed by atoms with Crippen molar-refractivity contribution >= 4 is 6.08 Å². The highest BCUT2D eigenvalue weighted by Gasteiger charge is 2.30. The molecule has 0 radical (unpaired) electrons. The lowest BCUT2D eigenvalue weighted by molar-refractivity contribution is 0.196. The van der Waals surface area contributed by atoms with Crippen molar-refractivity contribution in [1.29, 1.82) is 0 Å². The number of hydrogen-bond acceptors (Lipinski definition) is 4. The van der Waals surface area contributed by atoms with Gasteiger partial charge in [-0.05, 0) is 26.0 Å². The number of benzene rings is 1. The zero-order valence-corrected chi connectivity index (χ0v) is 9.99. The van der Waals surface area contributed by atoms with E-state index in [2.05, 4.69) is 4.99 Å². The van der Waals surface area contributed by atoms with Crippen LogP contribution in [0.5, 0.6) is 11.5 Å². The smallest absolute Gasteiger partial charge is 0.238 e. The van der Waals surface area contributed by atoms with E-state index in [1.165, 1.54) is 19.3 Å². The number of alkyl halides is 1. The molecule has 17 heavy (non-hydrogen) atoms. The Labute approximate surface area is 99.1 Å². The minimum Gasteiger partial charge on any atom is -0.492 e. The number of hydrogen-bond donors (Lipinski definition) is 0. The summed E-state index contributed by atoms with van der Waals surface area (Å²) in [5.41, 5.74) is 0.134. The van der Waals surface area contributed by atoms with Crippen LogP contribution in [0.2, 0.25) is 0 Å². The van der Waals surface area contributed by atoms with Crippen molar-refractivity contribution < 1.29 is 18.7 Å². The third-order valence-electron chi connectivity index (χ3n) is 2.23. The number of ether oxygens (including phenoxy) is 2. The lowest BCUT2D eigenvalue weighted by atomic mass is 10.0. The van der Waals surface area contributed by atoms with Crippen molar-refractivity contribution in [3.05, 3.63) is 23.8 Å². The molecule has 0 bridgehead atoms. The van der Waals surface area contributed by atoms with Crippen LogP contribution in [0.3, 0.4) is 0 Å². The first-order valence-electron chi connectivity index (χ1n) is 5.15. The number of halogens is 1. The Bertz CT molecular complexity index is 439. The van der Waals surface area contributed by atoms with Crippen molar-refractivity contribution in [2.45, 2.75) is 19.6 Å². The maximum Gasteiger partial charge on any atom is 0.238 e. The van der Waals surface area contributed by atoms with Crippen LogP contribution < -0.4 is 9.47 Å². The van der Waals surface area contributed by atoms with E-state index in [-0.39, 0.29) is 11.3 Å². The Morgan fingerprint density at radius 1 is 1.53 bits per heavy atom. The first-order valence-corrected chi connectivity index (χ1v) is 5.15. The number of carbonyl (C=O) groups excluding carboxylic acids is 1. The van der Waals surface area contributed by atoms with E-state index in [9.17, 15) is 9.18 Å². The monoisotopic (exact) mass is 239 g/mol. The summed E-state index contributed by atoms with van der Waals surface area (Å²) in [4.78, 5) is 13.3. The molecule has 92 valence electrons. The van der Waals surface area contributed by atoms with Gasteiger partial charge in [0.05, 0.1) is 19.3 Å². The van der Waals surface area contributed by atoms with Gasteiger partial charge < -0.3 is 9.47 Å². The number of aliphatic imine (C=N–C) groups is 1. The number of para-hydroxylation sites is 1. The summed E-state index contributed by atoms with van der Waals surface area (Å²) in [7, 11) is 1.40.